The quantitative estimate of drug-likeness (QED) is 0.823. The van der Waals surface area contributed by atoms with E-state index in [0.717, 1.165) is 18.4 Å². The molecule has 3 rings (SSSR count). The molecule has 2 N–H and O–H groups in total. The topological polar surface area (TPSA) is 84.2 Å². The van der Waals surface area contributed by atoms with Gasteiger partial charge in [-0.25, -0.2) is 9.78 Å². The molecular formula is C18H20ClN3O3. The zero-order valence-electron chi connectivity index (χ0n) is 13.9. The molecule has 7 heteroatoms. The predicted molar refractivity (Wildman–Crippen MR) is 96.2 cm³/mol. The maximum absolute atomic E-state index is 12.8. The second-order valence-electron chi connectivity index (χ2n) is 6.16. The van der Waals surface area contributed by atoms with Gasteiger partial charge >= 0.3 is 5.97 Å². The van der Waals surface area contributed by atoms with Crippen LogP contribution in [0.3, 0.4) is 0 Å². The second kappa shape index (κ2) is 7.27. The van der Waals surface area contributed by atoms with E-state index in [9.17, 15) is 14.7 Å². The van der Waals surface area contributed by atoms with Crippen molar-refractivity contribution >= 4 is 23.4 Å². The fraction of sp³-hybridized carbons (Fsp3) is 0.389. The Morgan fingerprint density at radius 1 is 1.44 bits per heavy atom. The van der Waals surface area contributed by atoms with Crippen molar-refractivity contribution < 1.29 is 9.90 Å². The Kier molecular flexibility index (Phi) is 5.08. The van der Waals surface area contributed by atoms with E-state index in [0.29, 0.717) is 18.5 Å². The molecule has 1 aliphatic rings. The van der Waals surface area contributed by atoms with Crippen LogP contribution in [0.25, 0.3) is 0 Å². The van der Waals surface area contributed by atoms with Crippen LogP contribution in [-0.4, -0.2) is 20.6 Å². The maximum atomic E-state index is 12.8. The highest BCUT2D eigenvalue weighted by molar-refractivity contribution is 6.30. The first-order valence-corrected chi connectivity index (χ1v) is 8.76. The van der Waals surface area contributed by atoms with Crippen LogP contribution in [0.5, 0.6) is 0 Å². The lowest BCUT2D eigenvalue weighted by Crippen LogP contribution is -2.31. The molecule has 2 atom stereocenters. The fourth-order valence-electron chi connectivity index (χ4n) is 3.29. The number of benzene rings is 1. The Balaban J connectivity index is 2.00. The third-order valence-electron chi connectivity index (χ3n) is 4.50. The van der Waals surface area contributed by atoms with Gasteiger partial charge in [0.15, 0.2) is 11.0 Å². The van der Waals surface area contributed by atoms with E-state index in [4.69, 9.17) is 11.6 Å². The summed E-state index contributed by atoms with van der Waals surface area (Å²) in [5.74, 6) is -0.925. The van der Waals surface area contributed by atoms with Crippen LogP contribution in [0, 0.1) is 0 Å². The Hall–Kier alpha value is -2.34. The number of carboxylic acids is 1. The summed E-state index contributed by atoms with van der Waals surface area (Å²) >= 11 is 6.22. The minimum Gasteiger partial charge on any atom is -0.480 e. The number of hydrogen-bond acceptors (Lipinski definition) is 4. The van der Waals surface area contributed by atoms with Crippen LogP contribution in [0.2, 0.25) is 5.15 Å². The van der Waals surface area contributed by atoms with Crippen molar-refractivity contribution in [2.75, 3.05) is 5.32 Å². The van der Waals surface area contributed by atoms with Crippen molar-refractivity contribution in [1.82, 2.24) is 9.55 Å². The first-order chi connectivity index (χ1) is 12.0. The Morgan fingerprint density at radius 2 is 2.16 bits per heavy atom. The second-order valence-corrected chi connectivity index (χ2v) is 6.52. The lowest BCUT2D eigenvalue weighted by molar-refractivity contribution is -0.140. The highest BCUT2D eigenvalue weighted by Crippen LogP contribution is 2.30. The molecule has 0 saturated heterocycles. The third kappa shape index (κ3) is 3.39. The number of carbonyl (C=O) groups is 1. The number of nitrogens with zero attached hydrogens (tertiary/aromatic N) is 2. The summed E-state index contributed by atoms with van der Waals surface area (Å²) in [6.07, 6.45) is 2.53. The molecule has 0 amide bonds. The van der Waals surface area contributed by atoms with Crippen molar-refractivity contribution in [2.45, 2.75) is 44.7 Å². The number of nitrogens with one attached hydrogen (secondary N) is 1. The summed E-state index contributed by atoms with van der Waals surface area (Å²) in [4.78, 5) is 28.5. The molecule has 0 unspecified atom stereocenters. The minimum atomic E-state index is -1.03. The molecule has 6 nitrogen and oxygen atoms in total. The molecule has 0 saturated carbocycles. The Morgan fingerprint density at radius 3 is 2.80 bits per heavy atom. The molecule has 0 bridgehead atoms. The number of halogens is 1. The number of carboxylic acid groups (broad SMARTS) is 1. The van der Waals surface area contributed by atoms with E-state index in [1.165, 1.54) is 4.57 Å². The van der Waals surface area contributed by atoms with Gasteiger partial charge in [-0.05, 0) is 24.8 Å². The van der Waals surface area contributed by atoms with Crippen molar-refractivity contribution in [3.63, 3.8) is 0 Å². The summed E-state index contributed by atoms with van der Waals surface area (Å²) in [5.41, 5.74) is 1.11. The molecule has 25 heavy (non-hydrogen) atoms. The zero-order chi connectivity index (χ0) is 18.0. The van der Waals surface area contributed by atoms with Crippen molar-refractivity contribution in [3.8, 4) is 0 Å². The summed E-state index contributed by atoms with van der Waals surface area (Å²) in [5, 5.41) is 12.7. The van der Waals surface area contributed by atoms with Gasteiger partial charge in [0.05, 0.1) is 11.7 Å². The number of aliphatic carboxylic acids is 1. The third-order valence-corrected chi connectivity index (χ3v) is 4.80. The Bertz CT molecular complexity index is 835. The summed E-state index contributed by atoms with van der Waals surface area (Å²) in [6.45, 7) is 2.06. The molecule has 132 valence electrons. The standard InChI is InChI=1S/C18H20ClN3O3/c1-2-6-12(11-7-4-3-5-8-11)20-16-17(23)22-13(15(19)21-16)9-10-14(22)18(24)25/h3-5,7-8,12,14H,2,6,9-10H2,1H3,(H,20,21)(H,24,25)/t12-,14+/m1/s1. The highest BCUT2D eigenvalue weighted by Gasteiger charge is 2.32. The zero-order valence-corrected chi connectivity index (χ0v) is 14.7. The predicted octanol–water partition coefficient (Wildman–Crippen LogP) is 3.42. The number of anilines is 1. The average molecular weight is 362 g/mol. The van der Waals surface area contributed by atoms with Gasteiger partial charge in [-0.2, -0.15) is 0 Å². The van der Waals surface area contributed by atoms with Gasteiger partial charge in [-0.1, -0.05) is 55.3 Å². The van der Waals surface area contributed by atoms with E-state index in [1.54, 1.807) is 0 Å². The molecule has 1 aliphatic heterocycles. The molecule has 2 heterocycles. The van der Waals surface area contributed by atoms with Crippen LogP contribution >= 0.6 is 11.6 Å². The van der Waals surface area contributed by atoms with Gasteiger partial charge in [0.1, 0.15) is 6.04 Å². The molecule has 1 aromatic heterocycles. The molecular weight excluding hydrogens is 342 g/mol. The highest BCUT2D eigenvalue weighted by atomic mass is 35.5. The molecule has 0 aliphatic carbocycles. The minimum absolute atomic E-state index is 0.0919. The van der Waals surface area contributed by atoms with Crippen molar-refractivity contribution in [3.05, 3.63) is 57.1 Å². The number of rotatable bonds is 6. The van der Waals surface area contributed by atoms with Gasteiger partial charge in [-0.15, -0.1) is 0 Å². The average Bonchev–Trinajstić information content (AvgIpc) is 3.06. The van der Waals surface area contributed by atoms with Crippen LogP contribution in [0.4, 0.5) is 5.82 Å². The van der Waals surface area contributed by atoms with Crippen molar-refractivity contribution in [2.24, 2.45) is 0 Å². The normalized spacial score (nSPS) is 17.1. The van der Waals surface area contributed by atoms with Crippen LogP contribution in [0.15, 0.2) is 35.1 Å². The lowest BCUT2D eigenvalue weighted by atomic mass is 10.0. The molecule has 2 aromatic rings. The maximum Gasteiger partial charge on any atom is 0.326 e. The van der Waals surface area contributed by atoms with Crippen LogP contribution in [0.1, 0.15) is 49.5 Å². The molecule has 0 radical (unpaired) electrons. The van der Waals surface area contributed by atoms with E-state index in [1.807, 2.05) is 30.3 Å². The largest absolute Gasteiger partial charge is 0.480 e. The first-order valence-electron chi connectivity index (χ1n) is 8.38. The van der Waals surface area contributed by atoms with Gasteiger partial charge in [0.2, 0.25) is 0 Å². The van der Waals surface area contributed by atoms with E-state index < -0.39 is 17.6 Å². The van der Waals surface area contributed by atoms with E-state index in [-0.39, 0.29) is 17.0 Å². The molecule has 1 aromatic carbocycles. The number of aromatic nitrogens is 2. The fourth-order valence-corrected chi connectivity index (χ4v) is 3.56. The molecule has 0 spiro atoms. The van der Waals surface area contributed by atoms with Crippen LogP contribution in [-0.2, 0) is 11.2 Å². The summed E-state index contributed by atoms with van der Waals surface area (Å²) in [7, 11) is 0. The lowest BCUT2D eigenvalue weighted by Gasteiger charge is -2.20. The van der Waals surface area contributed by atoms with E-state index >= 15 is 0 Å². The number of hydrogen-bond donors (Lipinski definition) is 2. The SMILES string of the molecule is CCC[C@@H](Nc1nc(Cl)c2n(c1=O)[C@H](C(=O)O)CC2)c1ccccc1. The van der Waals surface area contributed by atoms with Crippen molar-refractivity contribution in [1.29, 1.82) is 0 Å². The summed E-state index contributed by atoms with van der Waals surface area (Å²) < 4.78 is 1.27. The van der Waals surface area contributed by atoms with Gasteiger partial charge in [-0.3, -0.25) is 9.36 Å². The monoisotopic (exact) mass is 361 g/mol. The molecule has 0 fully saturated rings. The smallest absolute Gasteiger partial charge is 0.326 e. The Labute approximate surface area is 150 Å². The van der Waals surface area contributed by atoms with Gasteiger partial charge in [0.25, 0.3) is 5.56 Å². The van der Waals surface area contributed by atoms with E-state index in [2.05, 4.69) is 17.2 Å². The number of fused-ring (bicyclic) bond motifs is 1. The van der Waals surface area contributed by atoms with Gasteiger partial charge in [0, 0.05) is 0 Å². The van der Waals surface area contributed by atoms with Crippen LogP contribution < -0.4 is 10.9 Å². The summed E-state index contributed by atoms with van der Waals surface area (Å²) in [6, 6.07) is 8.81. The van der Waals surface area contributed by atoms with Gasteiger partial charge < -0.3 is 10.4 Å². The first kappa shape index (κ1) is 17.5.